The quantitative estimate of drug-likeness (QED) is 0.495. The number of nitriles is 1. The Balaban J connectivity index is 1.35. The Morgan fingerprint density at radius 1 is 1.33 bits per heavy atom. The van der Waals surface area contributed by atoms with Crippen LogP contribution < -0.4 is 15.0 Å². The summed E-state index contributed by atoms with van der Waals surface area (Å²) in [6, 6.07) is 10.9. The van der Waals surface area contributed by atoms with Crippen LogP contribution in [0.15, 0.2) is 46.5 Å². The van der Waals surface area contributed by atoms with Crippen LogP contribution in [0.5, 0.6) is 11.5 Å². The molecule has 1 unspecified atom stereocenters. The molecule has 0 radical (unpaired) electrons. The van der Waals surface area contributed by atoms with Crippen molar-refractivity contribution in [2.75, 3.05) is 6.61 Å². The Bertz CT molecular complexity index is 1350. The number of thioether (sulfide) groups is 1. The van der Waals surface area contributed by atoms with Crippen molar-refractivity contribution in [2.45, 2.75) is 17.0 Å². The number of nitrogens with zero attached hydrogens (tertiary/aromatic N) is 6. The molecule has 0 fully saturated rings. The topological polar surface area (TPSA) is 123 Å². The van der Waals surface area contributed by atoms with Crippen molar-refractivity contribution >= 4 is 17.4 Å². The average Bonchev–Trinajstić information content (AvgIpc) is 3.35. The molecule has 4 aromatic rings. The summed E-state index contributed by atoms with van der Waals surface area (Å²) in [5.74, 6) is 2.43. The number of rotatable bonds is 4. The summed E-state index contributed by atoms with van der Waals surface area (Å²) in [6.07, 6.45) is 1.09. The molecule has 0 bridgehead atoms. The third-order valence-electron chi connectivity index (χ3n) is 4.69. The van der Waals surface area contributed by atoms with Gasteiger partial charge in [-0.2, -0.15) is 5.26 Å². The number of hydrogen-bond acceptors (Lipinski definition) is 8. The van der Waals surface area contributed by atoms with Gasteiger partial charge in [0, 0.05) is 25.1 Å². The molecule has 1 aliphatic heterocycles. The van der Waals surface area contributed by atoms with Crippen molar-refractivity contribution < 1.29 is 9.47 Å². The van der Waals surface area contributed by atoms with Gasteiger partial charge in [0.15, 0.2) is 34.2 Å². The largest absolute Gasteiger partial charge is 0.485 e. The van der Waals surface area contributed by atoms with Gasteiger partial charge in [0.05, 0.1) is 5.69 Å². The molecule has 0 aliphatic carbocycles. The normalized spacial score (nSPS) is 15.3. The number of nitrogens with one attached hydrogen (secondary N) is 1. The van der Waals surface area contributed by atoms with Crippen molar-refractivity contribution in [2.24, 2.45) is 7.05 Å². The van der Waals surface area contributed by atoms with E-state index in [0.29, 0.717) is 51.7 Å². The zero-order chi connectivity index (χ0) is 20.7. The Morgan fingerprint density at radius 3 is 3.00 bits per heavy atom. The van der Waals surface area contributed by atoms with Crippen LogP contribution >= 0.6 is 11.8 Å². The lowest BCUT2D eigenvalue weighted by molar-refractivity contribution is 0.0825. The van der Waals surface area contributed by atoms with Gasteiger partial charge in [-0.25, -0.2) is 9.50 Å². The third-order valence-corrected chi connectivity index (χ3v) is 5.74. The Hall–Kier alpha value is -3.78. The number of fused-ring (bicyclic) bond motifs is 2. The number of H-pyrrole nitrogens is 1. The lowest BCUT2D eigenvalue weighted by Crippen LogP contribution is -2.24. The molecule has 30 heavy (non-hydrogen) atoms. The maximum absolute atomic E-state index is 12.2. The second kappa shape index (κ2) is 7.23. The number of hydrogen-bond donors (Lipinski definition) is 1. The Kier molecular flexibility index (Phi) is 4.40. The van der Waals surface area contributed by atoms with E-state index in [9.17, 15) is 4.79 Å². The minimum Gasteiger partial charge on any atom is -0.485 e. The van der Waals surface area contributed by atoms with E-state index in [4.69, 9.17) is 14.7 Å². The van der Waals surface area contributed by atoms with Gasteiger partial charge in [-0.15, -0.1) is 10.2 Å². The van der Waals surface area contributed by atoms with E-state index in [1.165, 1.54) is 28.5 Å². The number of ether oxygens (including phenoxy) is 2. The highest BCUT2D eigenvalue weighted by Crippen LogP contribution is 2.35. The van der Waals surface area contributed by atoms with Crippen LogP contribution in [0.2, 0.25) is 0 Å². The molecule has 4 heterocycles. The van der Waals surface area contributed by atoms with Gasteiger partial charge in [0.2, 0.25) is 0 Å². The molecule has 11 heteroatoms. The zero-order valence-electron chi connectivity index (χ0n) is 15.8. The van der Waals surface area contributed by atoms with Gasteiger partial charge in [0.1, 0.15) is 18.2 Å². The summed E-state index contributed by atoms with van der Waals surface area (Å²) < 4.78 is 14.9. The van der Waals surface area contributed by atoms with E-state index in [1.54, 1.807) is 0 Å². The zero-order valence-corrected chi connectivity index (χ0v) is 16.6. The van der Waals surface area contributed by atoms with Crippen molar-refractivity contribution in [1.82, 2.24) is 29.4 Å². The second-order valence-electron chi connectivity index (χ2n) is 6.60. The van der Waals surface area contributed by atoms with E-state index >= 15 is 0 Å². The highest BCUT2D eigenvalue weighted by molar-refractivity contribution is 7.98. The molecule has 150 valence electrons. The molecule has 1 N–H and O–H groups in total. The minimum atomic E-state index is -0.371. The standard InChI is InChI=1S/C19H15N7O3S/c1-25-18(15-9-28-13-4-2-3-5-14(13)29-15)23-24-19(25)30-10-12-6-16(27)26-17(22-12)11(7-20)8-21-26/h2-6,8,15,21H,9-10H2,1H3. The molecular weight excluding hydrogens is 406 g/mol. The molecule has 5 rings (SSSR count). The first-order valence-electron chi connectivity index (χ1n) is 9.05. The third kappa shape index (κ3) is 3.07. The average molecular weight is 421 g/mol. The SMILES string of the molecule is Cn1c(SCc2cc(=O)n3[nH]cc(C#N)c3n2)nnc1C1COc2ccccc2O1. The van der Waals surface area contributed by atoms with Crippen molar-refractivity contribution in [3.63, 3.8) is 0 Å². The summed E-state index contributed by atoms with van der Waals surface area (Å²) in [7, 11) is 1.85. The van der Waals surface area contributed by atoms with Gasteiger partial charge in [-0.3, -0.25) is 9.89 Å². The lowest BCUT2D eigenvalue weighted by atomic mass is 10.2. The maximum Gasteiger partial charge on any atom is 0.272 e. The Morgan fingerprint density at radius 2 is 2.17 bits per heavy atom. The van der Waals surface area contributed by atoms with Gasteiger partial charge in [0.25, 0.3) is 5.56 Å². The Labute approximate surface area is 174 Å². The number of para-hydroxylation sites is 2. The molecule has 0 saturated heterocycles. The highest BCUT2D eigenvalue weighted by Gasteiger charge is 2.27. The molecule has 0 amide bonds. The predicted molar refractivity (Wildman–Crippen MR) is 106 cm³/mol. The van der Waals surface area contributed by atoms with Gasteiger partial charge >= 0.3 is 0 Å². The molecule has 0 spiro atoms. The fourth-order valence-corrected chi connectivity index (χ4v) is 4.01. The van der Waals surface area contributed by atoms with Crippen LogP contribution in [0.3, 0.4) is 0 Å². The van der Waals surface area contributed by atoms with Crippen LogP contribution in [0.4, 0.5) is 0 Å². The number of aromatic amines is 1. The van der Waals surface area contributed by atoms with E-state index in [0.717, 1.165) is 0 Å². The first-order valence-corrected chi connectivity index (χ1v) is 10.0. The van der Waals surface area contributed by atoms with E-state index < -0.39 is 0 Å². The maximum atomic E-state index is 12.2. The predicted octanol–water partition coefficient (Wildman–Crippen LogP) is 1.83. The lowest BCUT2D eigenvalue weighted by Gasteiger charge is -2.25. The van der Waals surface area contributed by atoms with Crippen molar-refractivity contribution in [1.29, 1.82) is 5.26 Å². The molecule has 10 nitrogen and oxygen atoms in total. The minimum absolute atomic E-state index is 0.276. The van der Waals surface area contributed by atoms with Crippen LogP contribution in [0.25, 0.3) is 5.65 Å². The summed E-state index contributed by atoms with van der Waals surface area (Å²) in [5, 5.41) is 21.1. The summed E-state index contributed by atoms with van der Waals surface area (Å²) >= 11 is 1.39. The monoisotopic (exact) mass is 421 g/mol. The highest BCUT2D eigenvalue weighted by atomic mass is 32.2. The molecular formula is C19H15N7O3S. The first-order chi connectivity index (χ1) is 14.6. The summed E-state index contributed by atoms with van der Waals surface area (Å²) in [6.45, 7) is 0.340. The fraction of sp³-hybridized carbons (Fsp3) is 0.211. The molecule has 3 aromatic heterocycles. The smallest absolute Gasteiger partial charge is 0.272 e. The van der Waals surface area contributed by atoms with Gasteiger partial charge < -0.3 is 14.0 Å². The van der Waals surface area contributed by atoms with Crippen molar-refractivity contribution in [3.05, 3.63) is 64.0 Å². The van der Waals surface area contributed by atoms with E-state index in [-0.39, 0.29) is 11.7 Å². The van der Waals surface area contributed by atoms with Crippen LogP contribution in [-0.2, 0) is 12.8 Å². The van der Waals surface area contributed by atoms with Gasteiger partial charge in [-0.05, 0) is 12.1 Å². The van der Waals surface area contributed by atoms with Crippen LogP contribution in [0.1, 0.15) is 23.2 Å². The summed E-state index contributed by atoms with van der Waals surface area (Å²) in [4.78, 5) is 16.6. The molecule has 1 aromatic carbocycles. The van der Waals surface area contributed by atoms with Crippen LogP contribution in [0, 0.1) is 11.3 Å². The molecule has 1 atom stereocenters. The van der Waals surface area contributed by atoms with E-state index in [2.05, 4.69) is 20.3 Å². The van der Waals surface area contributed by atoms with Gasteiger partial charge in [-0.1, -0.05) is 23.9 Å². The molecule has 1 aliphatic rings. The number of benzene rings is 1. The molecule has 0 saturated carbocycles. The second-order valence-corrected chi connectivity index (χ2v) is 7.54. The fourth-order valence-electron chi connectivity index (χ4n) is 3.20. The van der Waals surface area contributed by atoms with E-state index in [1.807, 2.05) is 41.9 Å². The summed E-state index contributed by atoms with van der Waals surface area (Å²) in [5.41, 5.74) is 0.902. The van der Waals surface area contributed by atoms with Crippen LogP contribution in [-0.4, -0.2) is 36.0 Å². The number of aromatic nitrogens is 6. The first kappa shape index (κ1) is 18.3. The van der Waals surface area contributed by atoms with Crippen molar-refractivity contribution in [3.8, 4) is 17.6 Å².